The molecule has 2 fully saturated rings. The first-order valence-electron chi connectivity index (χ1n) is 8.94. The molecule has 25 heavy (non-hydrogen) atoms. The van der Waals surface area contributed by atoms with Crippen molar-refractivity contribution in [2.75, 3.05) is 44.3 Å². The molecule has 8 heteroatoms. The van der Waals surface area contributed by atoms with Gasteiger partial charge in [-0.05, 0) is 26.7 Å². The number of likely N-dealkylation sites (tertiary alicyclic amines) is 1. The summed E-state index contributed by atoms with van der Waals surface area (Å²) in [5.41, 5.74) is 0.283. The van der Waals surface area contributed by atoms with Crippen LogP contribution in [0.1, 0.15) is 37.2 Å². The predicted molar refractivity (Wildman–Crippen MR) is 94.9 cm³/mol. The van der Waals surface area contributed by atoms with Gasteiger partial charge < -0.3 is 19.3 Å². The zero-order valence-corrected chi connectivity index (χ0v) is 15.5. The maximum absolute atomic E-state index is 12.9. The number of ether oxygens (including phenoxy) is 2. The van der Waals surface area contributed by atoms with Gasteiger partial charge in [-0.1, -0.05) is 11.6 Å². The smallest absolute Gasteiger partial charge is 0.274 e. The predicted octanol–water partition coefficient (Wildman–Crippen LogP) is 2.20. The number of piperidine rings is 1. The third-order valence-electron chi connectivity index (χ3n) is 4.84. The Bertz CT molecular complexity index is 598. The van der Waals surface area contributed by atoms with Crippen molar-refractivity contribution in [3.05, 3.63) is 16.9 Å². The number of halogens is 1. The number of aromatic nitrogens is 2. The van der Waals surface area contributed by atoms with Gasteiger partial charge in [-0.15, -0.1) is 0 Å². The molecule has 0 radical (unpaired) electrons. The van der Waals surface area contributed by atoms with Crippen LogP contribution in [0.3, 0.4) is 0 Å². The minimum absolute atomic E-state index is 0.117. The number of hydrogen-bond acceptors (Lipinski definition) is 6. The van der Waals surface area contributed by atoms with Crippen molar-refractivity contribution in [3.8, 4) is 0 Å². The van der Waals surface area contributed by atoms with E-state index in [0.717, 1.165) is 25.9 Å². The van der Waals surface area contributed by atoms with Crippen LogP contribution in [0, 0.1) is 5.92 Å². The number of carbonyl (C=O) groups excluding carboxylic acids is 1. The summed E-state index contributed by atoms with van der Waals surface area (Å²) in [6.45, 7) is 8.25. The molecule has 0 spiro atoms. The van der Waals surface area contributed by atoms with Crippen LogP contribution >= 0.6 is 11.6 Å². The van der Waals surface area contributed by atoms with Crippen LogP contribution in [0.2, 0.25) is 5.02 Å². The standard InChI is InChI=1S/C17H25ClN4O3/c1-3-21(4-2)17-19-11-13(18)14(20-17)15(23)22-7-5-12(6-8-22)16-24-9-10-25-16/h11-12,16H,3-10H2,1-2H3. The monoisotopic (exact) mass is 368 g/mol. The van der Waals surface area contributed by atoms with Crippen molar-refractivity contribution in [1.29, 1.82) is 0 Å². The lowest BCUT2D eigenvalue weighted by atomic mass is 9.96. The normalized spacial score (nSPS) is 19.4. The van der Waals surface area contributed by atoms with E-state index in [1.54, 1.807) is 0 Å². The molecule has 1 aromatic rings. The van der Waals surface area contributed by atoms with Gasteiger partial charge in [0.05, 0.1) is 24.4 Å². The summed E-state index contributed by atoms with van der Waals surface area (Å²) in [5.74, 6) is 0.756. The molecule has 2 saturated heterocycles. The zero-order chi connectivity index (χ0) is 17.8. The van der Waals surface area contributed by atoms with E-state index in [1.807, 2.05) is 23.6 Å². The fraction of sp³-hybridized carbons (Fsp3) is 0.706. The fourth-order valence-corrected chi connectivity index (χ4v) is 3.51. The van der Waals surface area contributed by atoms with Crippen molar-refractivity contribution in [3.63, 3.8) is 0 Å². The topological polar surface area (TPSA) is 67.8 Å². The molecule has 3 heterocycles. The Morgan fingerprint density at radius 2 is 1.92 bits per heavy atom. The molecule has 3 rings (SSSR count). The molecular weight excluding hydrogens is 344 g/mol. The van der Waals surface area contributed by atoms with E-state index in [1.165, 1.54) is 6.20 Å². The van der Waals surface area contributed by atoms with Gasteiger partial charge in [0, 0.05) is 32.1 Å². The maximum atomic E-state index is 12.9. The molecule has 2 aliphatic rings. The third kappa shape index (κ3) is 4.04. The third-order valence-corrected chi connectivity index (χ3v) is 5.12. The van der Waals surface area contributed by atoms with Crippen LogP contribution < -0.4 is 4.90 Å². The average molecular weight is 369 g/mol. The molecule has 138 valence electrons. The molecule has 0 aliphatic carbocycles. The number of rotatable bonds is 5. The lowest BCUT2D eigenvalue weighted by Gasteiger charge is -2.33. The Morgan fingerprint density at radius 3 is 2.52 bits per heavy atom. The first-order valence-corrected chi connectivity index (χ1v) is 9.31. The summed E-state index contributed by atoms with van der Waals surface area (Å²) in [6, 6.07) is 0. The van der Waals surface area contributed by atoms with E-state index in [9.17, 15) is 4.79 Å². The summed E-state index contributed by atoms with van der Waals surface area (Å²) in [7, 11) is 0. The minimum Gasteiger partial charge on any atom is -0.350 e. The number of carbonyl (C=O) groups is 1. The Labute approximate surface area is 153 Å². The summed E-state index contributed by atoms with van der Waals surface area (Å²) < 4.78 is 11.2. The van der Waals surface area contributed by atoms with E-state index in [0.29, 0.717) is 43.2 Å². The van der Waals surface area contributed by atoms with Crippen LogP contribution in [-0.4, -0.2) is 66.5 Å². The summed E-state index contributed by atoms with van der Waals surface area (Å²) in [6.07, 6.45) is 3.13. The second-order valence-corrected chi connectivity index (χ2v) is 6.69. The summed E-state index contributed by atoms with van der Waals surface area (Å²) in [4.78, 5) is 25.4. The van der Waals surface area contributed by atoms with Crippen molar-refractivity contribution >= 4 is 23.5 Å². The van der Waals surface area contributed by atoms with Crippen molar-refractivity contribution < 1.29 is 14.3 Å². The van der Waals surface area contributed by atoms with Crippen LogP contribution in [0.15, 0.2) is 6.20 Å². The highest BCUT2D eigenvalue weighted by molar-refractivity contribution is 6.33. The summed E-state index contributed by atoms with van der Waals surface area (Å²) >= 11 is 6.20. The van der Waals surface area contributed by atoms with Gasteiger partial charge >= 0.3 is 0 Å². The van der Waals surface area contributed by atoms with Gasteiger partial charge in [0.25, 0.3) is 5.91 Å². The van der Waals surface area contributed by atoms with E-state index in [4.69, 9.17) is 21.1 Å². The molecule has 1 aromatic heterocycles. The maximum Gasteiger partial charge on any atom is 0.274 e. The molecule has 1 amide bonds. The van der Waals surface area contributed by atoms with Crippen LogP contribution in [0.5, 0.6) is 0 Å². The number of hydrogen-bond donors (Lipinski definition) is 0. The Hall–Kier alpha value is -1.44. The highest BCUT2D eigenvalue weighted by atomic mass is 35.5. The molecule has 0 unspecified atom stereocenters. The number of amides is 1. The Kier molecular flexibility index (Phi) is 6.09. The van der Waals surface area contributed by atoms with Gasteiger partial charge in [-0.2, -0.15) is 0 Å². The molecule has 0 bridgehead atoms. The van der Waals surface area contributed by atoms with Crippen molar-refractivity contribution in [2.45, 2.75) is 33.0 Å². The molecule has 0 atom stereocenters. The van der Waals surface area contributed by atoms with Crippen LogP contribution in [0.4, 0.5) is 5.95 Å². The van der Waals surface area contributed by atoms with E-state index in [2.05, 4.69) is 9.97 Å². The quantitative estimate of drug-likeness (QED) is 0.793. The highest BCUT2D eigenvalue weighted by Crippen LogP contribution is 2.27. The minimum atomic E-state index is -0.132. The second-order valence-electron chi connectivity index (χ2n) is 6.28. The van der Waals surface area contributed by atoms with Gasteiger partial charge in [-0.3, -0.25) is 4.79 Å². The van der Waals surface area contributed by atoms with Gasteiger partial charge in [0.1, 0.15) is 0 Å². The second kappa shape index (κ2) is 8.29. The molecule has 0 aromatic carbocycles. The lowest BCUT2D eigenvalue weighted by molar-refractivity contribution is -0.0956. The first-order chi connectivity index (χ1) is 12.1. The SMILES string of the molecule is CCN(CC)c1ncc(Cl)c(C(=O)N2CCC(C3OCCO3)CC2)n1. The summed E-state index contributed by atoms with van der Waals surface area (Å²) in [5, 5.41) is 0.297. The average Bonchev–Trinajstić information content (AvgIpc) is 3.18. The first kappa shape index (κ1) is 18.4. The molecule has 0 N–H and O–H groups in total. The van der Waals surface area contributed by atoms with Crippen molar-refractivity contribution in [2.24, 2.45) is 5.92 Å². The Morgan fingerprint density at radius 1 is 1.28 bits per heavy atom. The molecule has 0 saturated carbocycles. The Balaban J connectivity index is 1.67. The zero-order valence-electron chi connectivity index (χ0n) is 14.8. The lowest BCUT2D eigenvalue weighted by Crippen LogP contribution is -2.42. The van der Waals surface area contributed by atoms with Gasteiger partial charge in [-0.25, -0.2) is 9.97 Å². The van der Waals surface area contributed by atoms with Gasteiger partial charge in [0.15, 0.2) is 12.0 Å². The van der Waals surface area contributed by atoms with Crippen LogP contribution in [-0.2, 0) is 9.47 Å². The van der Waals surface area contributed by atoms with Crippen molar-refractivity contribution in [1.82, 2.24) is 14.9 Å². The van der Waals surface area contributed by atoms with E-state index in [-0.39, 0.29) is 17.9 Å². The highest BCUT2D eigenvalue weighted by Gasteiger charge is 2.33. The van der Waals surface area contributed by atoms with Crippen LogP contribution in [0.25, 0.3) is 0 Å². The number of nitrogens with zero attached hydrogens (tertiary/aromatic N) is 4. The largest absolute Gasteiger partial charge is 0.350 e. The number of anilines is 1. The van der Waals surface area contributed by atoms with E-state index >= 15 is 0 Å². The molecule has 2 aliphatic heterocycles. The molecule has 7 nitrogen and oxygen atoms in total. The molecular formula is C17H25ClN4O3. The van der Waals surface area contributed by atoms with E-state index < -0.39 is 0 Å². The fourth-order valence-electron chi connectivity index (χ4n) is 3.34. The van der Waals surface area contributed by atoms with Gasteiger partial charge in [0.2, 0.25) is 5.95 Å².